The molecule has 0 aliphatic heterocycles. The molecule has 0 bridgehead atoms. The minimum absolute atomic E-state index is 0.224. The van der Waals surface area contributed by atoms with E-state index in [2.05, 4.69) is 27.3 Å². The largest absolute Gasteiger partial charge is 0.378 e. The van der Waals surface area contributed by atoms with Crippen LogP contribution in [0.2, 0.25) is 0 Å². The monoisotopic (exact) mass is 328 g/mol. The highest BCUT2D eigenvalue weighted by Gasteiger charge is 2.17. The number of hydrogen-bond donors (Lipinski definition) is 1. The second kappa shape index (κ2) is 6.82. The van der Waals surface area contributed by atoms with E-state index in [0.29, 0.717) is 0 Å². The van der Waals surface area contributed by atoms with Crippen molar-refractivity contribution >= 4 is 16.9 Å². The molecule has 2 heterocycles. The number of rotatable bonds is 5. The van der Waals surface area contributed by atoms with E-state index in [1.54, 1.807) is 17.0 Å². The molecule has 2 aromatic rings. The van der Waals surface area contributed by atoms with Crippen molar-refractivity contribution in [1.82, 2.24) is 24.6 Å². The molecular formula is C17H21FN6. The molecule has 7 heteroatoms. The summed E-state index contributed by atoms with van der Waals surface area (Å²) in [6, 6.07) is -0.224. The maximum atomic E-state index is 13.8. The highest BCUT2D eigenvalue weighted by atomic mass is 19.1. The smallest absolute Gasteiger partial charge is 0.164 e. The summed E-state index contributed by atoms with van der Waals surface area (Å²) in [5.74, 6) is 0.487. The molecule has 0 radical (unpaired) electrons. The predicted octanol–water partition coefficient (Wildman–Crippen LogP) is 3.06. The molecule has 0 aromatic carbocycles. The lowest BCUT2D eigenvalue weighted by molar-refractivity contribution is 0.515. The third kappa shape index (κ3) is 3.15. The van der Waals surface area contributed by atoms with Crippen molar-refractivity contribution in [3.8, 4) is 0 Å². The Morgan fingerprint density at radius 3 is 2.92 bits per heavy atom. The zero-order chi connectivity index (χ0) is 17.1. The van der Waals surface area contributed by atoms with Gasteiger partial charge in [0.1, 0.15) is 18.0 Å². The SMILES string of the molecule is CCCNc1ncnc2c1cnn2C1C=CC(F)=CC(N(C)C)=C1. The van der Waals surface area contributed by atoms with Crippen molar-refractivity contribution in [2.24, 2.45) is 0 Å². The average molecular weight is 328 g/mol. The van der Waals surface area contributed by atoms with Crippen molar-refractivity contribution in [2.45, 2.75) is 19.4 Å². The predicted molar refractivity (Wildman–Crippen MR) is 93.2 cm³/mol. The van der Waals surface area contributed by atoms with Crippen LogP contribution < -0.4 is 5.32 Å². The van der Waals surface area contributed by atoms with Crippen molar-refractivity contribution in [2.75, 3.05) is 26.0 Å². The van der Waals surface area contributed by atoms with E-state index in [-0.39, 0.29) is 11.9 Å². The van der Waals surface area contributed by atoms with Crippen LogP contribution in [0.1, 0.15) is 19.4 Å². The molecule has 0 saturated carbocycles. The normalized spacial score (nSPS) is 17.4. The van der Waals surface area contributed by atoms with Gasteiger partial charge in [0.25, 0.3) is 0 Å². The minimum Gasteiger partial charge on any atom is -0.378 e. The Balaban J connectivity index is 2.03. The van der Waals surface area contributed by atoms with E-state index in [1.807, 2.05) is 25.1 Å². The Kier molecular flexibility index (Phi) is 4.59. The zero-order valence-electron chi connectivity index (χ0n) is 14.1. The Hall–Kier alpha value is -2.70. The van der Waals surface area contributed by atoms with Gasteiger partial charge in [-0.25, -0.2) is 19.0 Å². The first-order valence-corrected chi connectivity index (χ1v) is 7.96. The van der Waals surface area contributed by atoms with Gasteiger partial charge in [0, 0.05) is 26.3 Å². The van der Waals surface area contributed by atoms with Gasteiger partial charge >= 0.3 is 0 Å². The number of anilines is 1. The van der Waals surface area contributed by atoms with Crippen LogP contribution in [0, 0.1) is 0 Å². The Morgan fingerprint density at radius 1 is 1.33 bits per heavy atom. The van der Waals surface area contributed by atoms with E-state index in [4.69, 9.17) is 0 Å². The van der Waals surface area contributed by atoms with Crippen LogP contribution in [0.5, 0.6) is 0 Å². The second-order valence-electron chi connectivity index (χ2n) is 5.84. The Bertz CT molecular complexity index is 818. The number of halogens is 1. The van der Waals surface area contributed by atoms with E-state index >= 15 is 0 Å². The van der Waals surface area contributed by atoms with Gasteiger partial charge in [-0.15, -0.1) is 0 Å². The number of likely N-dealkylation sites (N-methyl/N-ethyl adjacent to an activating group) is 1. The highest BCUT2D eigenvalue weighted by molar-refractivity contribution is 5.86. The number of fused-ring (bicyclic) bond motifs is 1. The summed E-state index contributed by atoms with van der Waals surface area (Å²) in [6.45, 7) is 2.93. The molecule has 1 atom stereocenters. The van der Waals surface area contributed by atoms with Crippen LogP contribution in [0.3, 0.4) is 0 Å². The highest BCUT2D eigenvalue weighted by Crippen LogP contribution is 2.26. The second-order valence-corrected chi connectivity index (χ2v) is 5.84. The van der Waals surface area contributed by atoms with E-state index in [9.17, 15) is 4.39 Å². The van der Waals surface area contributed by atoms with Gasteiger partial charge in [-0.1, -0.05) is 13.0 Å². The van der Waals surface area contributed by atoms with E-state index in [1.165, 1.54) is 18.5 Å². The Labute approximate surface area is 140 Å². The summed E-state index contributed by atoms with van der Waals surface area (Å²) in [5, 5.41) is 8.60. The molecular weight excluding hydrogens is 307 g/mol. The number of nitrogens with one attached hydrogen (secondary N) is 1. The molecule has 0 fully saturated rings. The maximum Gasteiger partial charge on any atom is 0.164 e. The summed E-state index contributed by atoms with van der Waals surface area (Å²) in [4.78, 5) is 10.5. The fourth-order valence-corrected chi connectivity index (χ4v) is 2.55. The van der Waals surface area contributed by atoms with Gasteiger partial charge in [-0.3, -0.25) is 0 Å². The lowest BCUT2D eigenvalue weighted by Crippen LogP contribution is -2.13. The lowest BCUT2D eigenvalue weighted by Gasteiger charge is -2.16. The van der Waals surface area contributed by atoms with E-state index < -0.39 is 0 Å². The van der Waals surface area contributed by atoms with Crippen molar-refractivity contribution in [3.05, 3.63) is 48.4 Å². The summed E-state index contributed by atoms with van der Waals surface area (Å²) >= 11 is 0. The molecule has 6 nitrogen and oxygen atoms in total. The van der Waals surface area contributed by atoms with Crippen LogP contribution in [-0.2, 0) is 0 Å². The molecule has 2 aromatic heterocycles. The topological polar surface area (TPSA) is 58.9 Å². The summed E-state index contributed by atoms with van der Waals surface area (Å²) in [7, 11) is 3.77. The molecule has 1 N–H and O–H groups in total. The molecule has 3 rings (SSSR count). The summed E-state index contributed by atoms with van der Waals surface area (Å²) in [5.41, 5.74) is 1.50. The van der Waals surface area contributed by atoms with Crippen molar-refractivity contribution in [1.29, 1.82) is 0 Å². The number of aromatic nitrogens is 4. The maximum absolute atomic E-state index is 13.8. The molecule has 1 unspecified atom stereocenters. The van der Waals surface area contributed by atoms with E-state index in [0.717, 1.165) is 35.5 Å². The molecule has 1 aliphatic carbocycles. The van der Waals surface area contributed by atoms with Crippen molar-refractivity contribution in [3.63, 3.8) is 0 Å². The van der Waals surface area contributed by atoms with Gasteiger partial charge in [0.2, 0.25) is 0 Å². The number of allylic oxidation sites excluding steroid dienone is 5. The number of hydrogen-bond acceptors (Lipinski definition) is 5. The first kappa shape index (κ1) is 16.2. The standard InChI is InChI=1S/C17H21FN6/c1-4-7-19-16-15-10-22-24(17(15)21-11-20-16)13-6-5-12(18)8-14(9-13)23(2)3/h5-6,8-11,13H,4,7H2,1-3H3,(H,19,20,21). The minimum atomic E-state index is -0.283. The molecule has 0 amide bonds. The van der Waals surface area contributed by atoms with Crippen LogP contribution in [0.25, 0.3) is 11.0 Å². The molecule has 0 spiro atoms. The lowest BCUT2D eigenvalue weighted by atomic mass is 10.2. The first-order valence-electron chi connectivity index (χ1n) is 7.96. The van der Waals surface area contributed by atoms with Gasteiger partial charge in [0.05, 0.1) is 17.6 Å². The molecule has 0 saturated heterocycles. The number of nitrogens with zero attached hydrogens (tertiary/aromatic N) is 5. The van der Waals surface area contributed by atoms with Gasteiger partial charge in [-0.2, -0.15) is 5.10 Å². The van der Waals surface area contributed by atoms with Crippen LogP contribution in [0.15, 0.2) is 48.4 Å². The van der Waals surface area contributed by atoms with Crippen molar-refractivity contribution < 1.29 is 4.39 Å². The fraction of sp³-hybridized carbons (Fsp3) is 0.353. The zero-order valence-corrected chi connectivity index (χ0v) is 14.1. The molecule has 1 aliphatic rings. The quantitative estimate of drug-likeness (QED) is 0.914. The van der Waals surface area contributed by atoms with Gasteiger partial charge in [0.15, 0.2) is 5.65 Å². The Morgan fingerprint density at radius 2 is 2.17 bits per heavy atom. The van der Waals surface area contributed by atoms with Gasteiger partial charge in [-0.05, 0) is 24.6 Å². The summed E-state index contributed by atoms with van der Waals surface area (Å²) in [6.07, 6.45) is 11.0. The molecule has 126 valence electrons. The van der Waals surface area contributed by atoms with Crippen LogP contribution >= 0.6 is 0 Å². The molecule has 24 heavy (non-hydrogen) atoms. The van der Waals surface area contributed by atoms with Gasteiger partial charge < -0.3 is 10.2 Å². The average Bonchev–Trinajstić information content (AvgIpc) is 2.90. The third-order valence-electron chi connectivity index (χ3n) is 3.81. The first-order chi connectivity index (χ1) is 11.6. The fourth-order valence-electron chi connectivity index (χ4n) is 2.55. The summed E-state index contributed by atoms with van der Waals surface area (Å²) < 4.78 is 15.6. The third-order valence-corrected chi connectivity index (χ3v) is 3.81. The van der Waals surface area contributed by atoms with Crippen LogP contribution in [0.4, 0.5) is 10.2 Å². The van der Waals surface area contributed by atoms with Crippen LogP contribution in [-0.4, -0.2) is 45.3 Å².